The van der Waals surface area contributed by atoms with E-state index in [1.54, 1.807) is 19.4 Å². The number of phenols is 1. The molecule has 1 heterocycles. The molecule has 1 aromatic heterocycles. The van der Waals surface area contributed by atoms with Gasteiger partial charge in [0, 0.05) is 10.9 Å². The van der Waals surface area contributed by atoms with Crippen molar-refractivity contribution < 1.29 is 9.84 Å². The summed E-state index contributed by atoms with van der Waals surface area (Å²) in [6, 6.07) is 29.3. The van der Waals surface area contributed by atoms with E-state index in [9.17, 15) is 5.11 Å². The van der Waals surface area contributed by atoms with Crippen LogP contribution in [0.4, 0.5) is 5.69 Å². The number of benzene rings is 4. The maximum atomic E-state index is 10.4. The zero-order valence-electron chi connectivity index (χ0n) is 18.6. The van der Waals surface area contributed by atoms with Crippen LogP contribution in [0.15, 0.2) is 96.1 Å². The third-order valence-corrected chi connectivity index (χ3v) is 5.61. The summed E-state index contributed by atoms with van der Waals surface area (Å²) in [6.45, 7) is 0. The molecule has 0 fully saturated rings. The third kappa shape index (κ3) is 4.45. The van der Waals surface area contributed by atoms with Crippen LogP contribution in [0.3, 0.4) is 0 Å². The number of hydrazone groups is 1. The van der Waals surface area contributed by atoms with Crippen molar-refractivity contribution in [3.63, 3.8) is 0 Å². The van der Waals surface area contributed by atoms with E-state index in [1.165, 1.54) is 0 Å². The summed E-state index contributed by atoms with van der Waals surface area (Å²) < 4.78 is 5.41. The highest BCUT2D eigenvalue weighted by atomic mass is 16.5. The monoisotopic (exact) mass is 445 g/mol. The highest BCUT2D eigenvalue weighted by Crippen LogP contribution is 2.29. The van der Waals surface area contributed by atoms with E-state index in [-0.39, 0.29) is 5.75 Å². The van der Waals surface area contributed by atoms with Gasteiger partial charge in [0.1, 0.15) is 11.5 Å². The van der Waals surface area contributed by atoms with Gasteiger partial charge in [0.25, 0.3) is 0 Å². The second-order valence-corrected chi connectivity index (χ2v) is 7.81. The maximum absolute atomic E-state index is 10.4. The van der Waals surface area contributed by atoms with E-state index >= 15 is 0 Å². The lowest BCUT2D eigenvalue weighted by Gasteiger charge is -2.10. The molecule has 166 valence electrons. The van der Waals surface area contributed by atoms with Gasteiger partial charge in [0.15, 0.2) is 0 Å². The minimum Gasteiger partial charge on any atom is -0.507 e. The Morgan fingerprint density at radius 3 is 2.53 bits per heavy atom. The van der Waals surface area contributed by atoms with Gasteiger partial charge < -0.3 is 9.84 Å². The average Bonchev–Trinajstić information content (AvgIpc) is 2.89. The molecule has 0 bridgehead atoms. The third-order valence-electron chi connectivity index (χ3n) is 5.61. The zero-order valence-corrected chi connectivity index (χ0v) is 18.6. The Hall–Kier alpha value is -4.64. The van der Waals surface area contributed by atoms with Crippen LogP contribution >= 0.6 is 0 Å². The number of aromatic nitrogens is 1. The Morgan fingerprint density at radius 1 is 0.853 bits per heavy atom. The Kier molecular flexibility index (Phi) is 5.91. The standard InChI is InChI=1S/C29H23N3O2/c1-34-23-14-15-27-25(18-23)28(17-22(31-27)13-11-20-7-3-2-4-8-20)32-30-19-26-24-10-6-5-9-21(24)12-16-29(26)33/h2-19,33H,1H3,(H,31,32). The summed E-state index contributed by atoms with van der Waals surface area (Å²) in [5.74, 6) is 0.914. The number of pyridine rings is 1. The van der Waals surface area contributed by atoms with E-state index in [0.29, 0.717) is 5.56 Å². The largest absolute Gasteiger partial charge is 0.507 e. The lowest BCUT2D eigenvalue weighted by molar-refractivity contribution is 0.415. The summed E-state index contributed by atoms with van der Waals surface area (Å²) in [6.07, 6.45) is 5.65. The quantitative estimate of drug-likeness (QED) is 0.225. The van der Waals surface area contributed by atoms with Gasteiger partial charge in [0.2, 0.25) is 0 Å². The number of nitrogens with zero attached hydrogens (tertiary/aromatic N) is 2. The topological polar surface area (TPSA) is 66.7 Å². The number of fused-ring (bicyclic) bond motifs is 2. The Balaban J connectivity index is 1.52. The van der Waals surface area contributed by atoms with Crippen LogP contribution in [-0.4, -0.2) is 23.4 Å². The van der Waals surface area contributed by atoms with Crippen molar-refractivity contribution in [2.45, 2.75) is 0 Å². The van der Waals surface area contributed by atoms with Gasteiger partial charge in [-0.3, -0.25) is 5.43 Å². The molecule has 0 radical (unpaired) electrons. The van der Waals surface area contributed by atoms with E-state index in [2.05, 4.69) is 10.5 Å². The molecule has 0 saturated carbocycles. The first-order valence-corrected chi connectivity index (χ1v) is 10.9. The van der Waals surface area contributed by atoms with Crippen LogP contribution in [0.2, 0.25) is 0 Å². The number of methoxy groups -OCH3 is 1. The number of rotatable bonds is 6. The first-order chi connectivity index (χ1) is 16.7. The first kappa shape index (κ1) is 21.2. The normalized spacial score (nSPS) is 11.6. The minimum absolute atomic E-state index is 0.178. The molecule has 5 aromatic rings. The second kappa shape index (κ2) is 9.46. The molecule has 0 spiro atoms. The molecule has 5 heteroatoms. The molecule has 34 heavy (non-hydrogen) atoms. The predicted molar refractivity (Wildman–Crippen MR) is 140 cm³/mol. The lowest BCUT2D eigenvalue weighted by atomic mass is 10.0. The fraction of sp³-hybridized carbons (Fsp3) is 0.0345. The molecule has 0 aliphatic rings. The summed E-state index contributed by atoms with van der Waals surface area (Å²) in [5.41, 5.74) is 7.30. The number of anilines is 1. The number of phenolic OH excluding ortho intramolecular Hbond substituents is 1. The summed E-state index contributed by atoms with van der Waals surface area (Å²) in [5, 5.41) is 17.7. The van der Waals surface area contributed by atoms with E-state index in [1.807, 2.05) is 97.1 Å². The fourth-order valence-electron chi connectivity index (χ4n) is 3.86. The number of hydrogen-bond acceptors (Lipinski definition) is 5. The van der Waals surface area contributed by atoms with Crippen molar-refractivity contribution in [1.82, 2.24) is 4.98 Å². The SMILES string of the molecule is COc1ccc2nc(C=Cc3ccccc3)cc(NN=Cc3c(O)ccc4ccccc34)c2c1. The van der Waals surface area contributed by atoms with Crippen molar-refractivity contribution in [3.8, 4) is 11.5 Å². The van der Waals surface area contributed by atoms with Crippen LogP contribution in [0, 0.1) is 0 Å². The summed E-state index contributed by atoms with van der Waals surface area (Å²) >= 11 is 0. The molecule has 0 amide bonds. The molecule has 5 nitrogen and oxygen atoms in total. The summed E-state index contributed by atoms with van der Waals surface area (Å²) in [7, 11) is 1.64. The predicted octanol–water partition coefficient (Wildman–Crippen LogP) is 6.72. The molecule has 5 rings (SSSR count). The molecule has 0 atom stereocenters. The molecule has 0 saturated heterocycles. The van der Waals surface area contributed by atoms with Crippen LogP contribution in [0.1, 0.15) is 16.8 Å². The number of aromatic hydroxyl groups is 1. The van der Waals surface area contributed by atoms with E-state index in [0.717, 1.165) is 44.4 Å². The summed E-state index contributed by atoms with van der Waals surface area (Å²) in [4.78, 5) is 4.77. The van der Waals surface area contributed by atoms with Gasteiger partial charge in [-0.2, -0.15) is 5.10 Å². The molecule has 4 aromatic carbocycles. The Bertz CT molecular complexity index is 1530. The number of ether oxygens (including phenoxy) is 1. The lowest BCUT2D eigenvalue weighted by Crippen LogP contribution is -1.96. The molecular weight excluding hydrogens is 422 g/mol. The van der Waals surface area contributed by atoms with Crippen molar-refractivity contribution in [2.24, 2.45) is 5.10 Å². The van der Waals surface area contributed by atoms with Crippen LogP contribution < -0.4 is 10.2 Å². The maximum Gasteiger partial charge on any atom is 0.125 e. The highest BCUT2D eigenvalue weighted by Gasteiger charge is 2.08. The highest BCUT2D eigenvalue weighted by molar-refractivity contribution is 6.03. The van der Waals surface area contributed by atoms with Gasteiger partial charge in [-0.05, 0) is 52.7 Å². The second-order valence-electron chi connectivity index (χ2n) is 7.81. The Morgan fingerprint density at radius 2 is 1.68 bits per heavy atom. The van der Waals surface area contributed by atoms with Gasteiger partial charge in [-0.25, -0.2) is 4.98 Å². The van der Waals surface area contributed by atoms with Crippen LogP contribution in [-0.2, 0) is 0 Å². The average molecular weight is 446 g/mol. The molecule has 0 unspecified atom stereocenters. The fourth-order valence-corrected chi connectivity index (χ4v) is 3.86. The van der Waals surface area contributed by atoms with Crippen molar-refractivity contribution in [2.75, 3.05) is 12.5 Å². The van der Waals surface area contributed by atoms with E-state index < -0.39 is 0 Å². The zero-order chi connectivity index (χ0) is 23.3. The van der Waals surface area contributed by atoms with Gasteiger partial charge in [-0.1, -0.05) is 66.7 Å². The van der Waals surface area contributed by atoms with Crippen molar-refractivity contribution >= 4 is 45.7 Å². The van der Waals surface area contributed by atoms with Crippen LogP contribution in [0.25, 0.3) is 33.8 Å². The molecular formula is C29H23N3O2. The van der Waals surface area contributed by atoms with Gasteiger partial charge in [0.05, 0.1) is 30.2 Å². The molecule has 2 N–H and O–H groups in total. The smallest absolute Gasteiger partial charge is 0.125 e. The minimum atomic E-state index is 0.178. The Labute approximate surface area is 197 Å². The number of hydrogen-bond donors (Lipinski definition) is 2. The van der Waals surface area contributed by atoms with Gasteiger partial charge >= 0.3 is 0 Å². The van der Waals surface area contributed by atoms with Crippen LogP contribution in [0.5, 0.6) is 11.5 Å². The van der Waals surface area contributed by atoms with Crippen molar-refractivity contribution in [3.05, 3.63) is 108 Å². The van der Waals surface area contributed by atoms with Gasteiger partial charge in [-0.15, -0.1) is 0 Å². The van der Waals surface area contributed by atoms with Crippen molar-refractivity contribution in [1.29, 1.82) is 0 Å². The first-order valence-electron chi connectivity index (χ1n) is 10.9. The molecule has 0 aliphatic heterocycles. The number of nitrogens with one attached hydrogen (secondary N) is 1. The molecule has 0 aliphatic carbocycles. The van der Waals surface area contributed by atoms with E-state index in [4.69, 9.17) is 9.72 Å².